The van der Waals surface area contributed by atoms with E-state index in [4.69, 9.17) is 9.26 Å². The summed E-state index contributed by atoms with van der Waals surface area (Å²) in [5.41, 5.74) is 1.18. The lowest BCUT2D eigenvalue weighted by Crippen LogP contribution is -2.40. The SMILES string of the molecule is COc1cccc(C(=O)N2CCC[C@H](n3cc(-c4noc(C)n4)nn3)C2)c1. The molecule has 1 aliphatic rings. The zero-order valence-corrected chi connectivity index (χ0v) is 15.2. The highest BCUT2D eigenvalue weighted by atomic mass is 16.5. The lowest BCUT2D eigenvalue weighted by molar-refractivity contribution is 0.0671. The number of benzene rings is 1. The van der Waals surface area contributed by atoms with Crippen molar-refractivity contribution in [1.82, 2.24) is 30.0 Å². The molecule has 9 heteroatoms. The third kappa shape index (κ3) is 3.53. The van der Waals surface area contributed by atoms with E-state index in [1.54, 1.807) is 37.0 Å². The van der Waals surface area contributed by atoms with Gasteiger partial charge >= 0.3 is 0 Å². The molecule has 140 valence electrons. The van der Waals surface area contributed by atoms with Crippen LogP contribution in [0.25, 0.3) is 11.5 Å². The predicted octanol–water partition coefficient (Wildman–Crippen LogP) is 2.12. The van der Waals surface area contributed by atoms with Gasteiger partial charge in [0.25, 0.3) is 5.91 Å². The number of nitrogens with zero attached hydrogens (tertiary/aromatic N) is 6. The molecule has 27 heavy (non-hydrogen) atoms. The topological polar surface area (TPSA) is 99.2 Å². The fourth-order valence-electron chi connectivity index (χ4n) is 3.25. The highest BCUT2D eigenvalue weighted by Gasteiger charge is 2.27. The van der Waals surface area contributed by atoms with Gasteiger partial charge in [0.05, 0.1) is 19.3 Å². The largest absolute Gasteiger partial charge is 0.497 e. The summed E-state index contributed by atoms with van der Waals surface area (Å²) >= 11 is 0. The first-order valence-electron chi connectivity index (χ1n) is 8.80. The molecule has 1 aromatic carbocycles. The number of ether oxygens (including phenoxy) is 1. The average Bonchev–Trinajstić information content (AvgIpc) is 3.36. The molecular weight excluding hydrogens is 348 g/mol. The Morgan fingerprint density at radius 2 is 2.26 bits per heavy atom. The van der Waals surface area contributed by atoms with E-state index < -0.39 is 0 Å². The van der Waals surface area contributed by atoms with Crippen molar-refractivity contribution in [3.8, 4) is 17.3 Å². The Balaban J connectivity index is 1.49. The van der Waals surface area contributed by atoms with Crippen LogP contribution < -0.4 is 4.74 Å². The Labute approximate surface area is 155 Å². The summed E-state index contributed by atoms with van der Waals surface area (Å²) in [6, 6.07) is 7.28. The van der Waals surface area contributed by atoms with Gasteiger partial charge in [-0.3, -0.25) is 4.79 Å². The quantitative estimate of drug-likeness (QED) is 0.695. The second-order valence-corrected chi connectivity index (χ2v) is 6.50. The molecule has 3 heterocycles. The zero-order valence-electron chi connectivity index (χ0n) is 15.2. The Morgan fingerprint density at radius 3 is 3.04 bits per heavy atom. The molecule has 1 fully saturated rings. The maximum atomic E-state index is 12.9. The van der Waals surface area contributed by atoms with E-state index in [9.17, 15) is 4.79 Å². The molecular formula is C18H20N6O3. The van der Waals surface area contributed by atoms with Crippen molar-refractivity contribution in [3.05, 3.63) is 41.9 Å². The molecule has 0 radical (unpaired) electrons. The molecule has 4 rings (SSSR count). The first-order chi connectivity index (χ1) is 13.1. The van der Waals surface area contributed by atoms with E-state index in [0.717, 1.165) is 19.4 Å². The van der Waals surface area contributed by atoms with Crippen LogP contribution in [0.1, 0.15) is 35.1 Å². The van der Waals surface area contributed by atoms with Crippen molar-refractivity contribution < 1.29 is 14.1 Å². The molecule has 1 saturated heterocycles. The van der Waals surface area contributed by atoms with Crippen LogP contribution in [0, 0.1) is 6.92 Å². The maximum absolute atomic E-state index is 12.9. The number of carbonyl (C=O) groups excluding carboxylic acids is 1. The summed E-state index contributed by atoms with van der Waals surface area (Å²) in [7, 11) is 1.59. The van der Waals surface area contributed by atoms with Gasteiger partial charge in [0, 0.05) is 25.6 Å². The highest BCUT2D eigenvalue weighted by molar-refractivity contribution is 5.94. The summed E-state index contributed by atoms with van der Waals surface area (Å²) in [5.74, 6) is 1.56. The molecule has 1 aliphatic heterocycles. The van der Waals surface area contributed by atoms with E-state index in [0.29, 0.717) is 35.3 Å². The fourth-order valence-corrected chi connectivity index (χ4v) is 3.25. The first-order valence-corrected chi connectivity index (χ1v) is 8.80. The first kappa shape index (κ1) is 17.2. The van der Waals surface area contributed by atoms with Gasteiger partial charge in [-0.05, 0) is 31.0 Å². The Kier molecular flexibility index (Phi) is 4.57. The average molecular weight is 368 g/mol. The summed E-state index contributed by atoms with van der Waals surface area (Å²) in [6.45, 7) is 3.02. The van der Waals surface area contributed by atoms with Crippen molar-refractivity contribution >= 4 is 5.91 Å². The van der Waals surface area contributed by atoms with Crippen molar-refractivity contribution in [2.45, 2.75) is 25.8 Å². The van der Waals surface area contributed by atoms with Gasteiger partial charge in [0.2, 0.25) is 11.7 Å². The smallest absolute Gasteiger partial charge is 0.254 e. The number of aryl methyl sites for hydroxylation is 1. The van der Waals surface area contributed by atoms with Crippen LogP contribution >= 0.6 is 0 Å². The predicted molar refractivity (Wildman–Crippen MR) is 95.2 cm³/mol. The number of amides is 1. The van der Waals surface area contributed by atoms with Crippen LogP contribution in [-0.2, 0) is 0 Å². The molecule has 0 unspecified atom stereocenters. The Hall–Kier alpha value is -3.23. The molecule has 1 atom stereocenters. The van der Waals surface area contributed by atoms with Gasteiger partial charge in [-0.2, -0.15) is 4.98 Å². The van der Waals surface area contributed by atoms with E-state index in [2.05, 4.69) is 20.5 Å². The maximum Gasteiger partial charge on any atom is 0.254 e. The van der Waals surface area contributed by atoms with E-state index in [1.807, 2.05) is 17.0 Å². The fraction of sp³-hybridized carbons (Fsp3) is 0.389. The van der Waals surface area contributed by atoms with Crippen molar-refractivity contribution in [1.29, 1.82) is 0 Å². The van der Waals surface area contributed by atoms with Crippen molar-refractivity contribution in [2.24, 2.45) is 0 Å². The Morgan fingerprint density at radius 1 is 1.37 bits per heavy atom. The standard InChI is InChI=1S/C18H20N6O3/c1-12-19-17(21-27-12)16-11-24(22-20-16)14-6-4-8-23(10-14)18(25)13-5-3-7-15(9-13)26-2/h3,5,7,9,11,14H,4,6,8,10H2,1-2H3/t14-/m0/s1. The lowest BCUT2D eigenvalue weighted by atomic mass is 10.0. The van der Waals surface area contributed by atoms with Gasteiger partial charge in [-0.15, -0.1) is 5.10 Å². The number of carbonyl (C=O) groups is 1. The summed E-state index contributed by atoms with van der Waals surface area (Å²) in [4.78, 5) is 18.9. The lowest BCUT2D eigenvalue weighted by Gasteiger charge is -2.32. The molecule has 2 aromatic heterocycles. The zero-order chi connectivity index (χ0) is 18.8. The van der Waals surface area contributed by atoms with Gasteiger partial charge < -0.3 is 14.2 Å². The number of piperidine rings is 1. The molecule has 0 bridgehead atoms. The van der Waals surface area contributed by atoms with Crippen LogP contribution in [0.5, 0.6) is 5.75 Å². The van der Waals surface area contributed by atoms with Crippen LogP contribution in [-0.4, -0.2) is 56.1 Å². The molecule has 0 N–H and O–H groups in total. The monoisotopic (exact) mass is 368 g/mol. The third-order valence-corrected chi connectivity index (χ3v) is 4.64. The number of hydrogen-bond donors (Lipinski definition) is 0. The van der Waals surface area contributed by atoms with Crippen LogP contribution in [0.2, 0.25) is 0 Å². The molecule has 0 aliphatic carbocycles. The minimum Gasteiger partial charge on any atom is -0.497 e. The Bertz CT molecular complexity index is 950. The second kappa shape index (κ2) is 7.18. The van der Waals surface area contributed by atoms with Gasteiger partial charge in [0.1, 0.15) is 5.75 Å². The van der Waals surface area contributed by atoms with Gasteiger partial charge in [0.15, 0.2) is 5.69 Å². The molecule has 9 nitrogen and oxygen atoms in total. The van der Waals surface area contributed by atoms with Crippen molar-refractivity contribution in [3.63, 3.8) is 0 Å². The minimum absolute atomic E-state index is 0.00673. The van der Waals surface area contributed by atoms with Crippen LogP contribution in [0.15, 0.2) is 35.0 Å². The minimum atomic E-state index is -0.00673. The van der Waals surface area contributed by atoms with Crippen molar-refractivity contribution in [2.75, 3.05) is 20.2 Å². The third-order valence-electron chi connectivity index (χ3n) is 4.64. The number of hydrogen-bond acceptors (Lipinski definition) is 7. The number of methoxy groups -OCH3 is 1. The number of aromatic nitrogens is 5. The van der Waals surface area contributed by atoms with Gasteiger partial charge in [-0.25, -0.2) is 4.68 Å². The van der Waals surface area contributed by atoms with Crippen LogP contribution in [0.3, 0.4) is 0 Å². The highest BCUT2D eigenvalue weighted by Crippen LogP contribution is 2.24. The van der Waals surface area contributed by atoms with Gasteiger partial charge in [-0.1, -0.05) is 16.4 Å². The molecule has 0 spiro atoms. The molecule has 0 saturated carbocycles. The summed E-state index contributed by atoms with van der Waals surface area (Å²) in [6.07, 6.45) is 3.63. The van der Waals surface area contributed by atoms with Crippen LogP contribution in [0.4, 0.5) is 0 Å². The number of rotatable bonds is 4. The molecule has 3 aromatic rings. The number of likely N-dealkylation sites (tertiary alicyclic amines) is 1. The molecule has 1 amide bonds. The summed E-state index contributed by atoms with van der Waals surface area (Å²) in [5, 5.41) is 12.2. The van der Waals surface area contributed by atoms with E-state index in [1.165, 1.54) is 0 Å². The van der Waals surface area contributed by atoms with E-state index >= 15 is 0 Å². The normalized spacial score (nSPS) is 17.1. The van der Waals surface area contributed by atoms with E-state index in [-0.39, 0.29) is 11.9 Å². The summed E-state index contributed by atoms with van der Waals surface area (Å²) < 4.78 is 12.0. The second-order valence-electron chi connectivity index (χ2n) is 6.50.